The Morgan fingerprint density at radius 3 is 1.75 bits per heavy atom. The molecule has 0 unspecified atom stereocenters. The molecule has 0 amide bonds. The minimum absolute atomic E-state index is 0.314. The predicted octanol–water partition coefficient (Wildman–Crippen LogP) is 13.3. The van der Waals surface area contributed by atoms with E-state index in [-0.39, 0.29) is 0 Å². The van der Waals surface area contributed by atoms with Gasteiger partial charge in [-0.2, -0.15) is 10.5 Å². The van der Waals surface area contributed by atoms with Crippen molar-refractivity contribution in [1.82, 2.24) is 19.1 Å². The number of rotatable bonds is 5. The Morgan fingerprint density at radius 1 is 0.459 bits per heavy atom. The lowest BCUT2D eigenvalue weighted by Gasteiger charge is -2.15. The van der Waals surface area contributed by atoms with Crippen LogP contribution < -0.4 is 0 Å². The van der Waals surface area contributed by atoms with Gasteiger partial charge in [0.15, 0.2) is 5.82 Å². The number of nitriles is 2. The summed E-state index contributed by atoms with van der Waals surface area (Å²) < 4.78 is 11.0. The van der Waals surface area contributed by atoms with Crippen LogP contribution in [0.25, 0.3) is 111 Å². The van der Waals surface area contributed by atoms with Crippen LogP contribution in [0.15, 0.2) is 186 Å². The molecule has 0 saturated carbocycles. The van der Waals surface area contributed by atoms with E-state index in [4.69, 9.17) is 14.4 Å². The molecule has 0 aliphatic heterocycles. The summed E-state index contributed by atoms with van der Waals surface area (Å²) in [6.07, 6.45) is 0. The molecule has 0 atom stereocenters. The molecule has 4 heterocycles. The molecule has 12 aromatic rings. The average molecular weight is 779 g/mol. The lowest BCUT2D eigenvalue weighted by Crippen LogP contribution is -2.03. The fourth-order valence-electron chi connectivity index (χ4n) is 9.19. The summed E-state index contributed by atoms with van der Waals surface area (Å²) in [6, 6.07) is 66.1. The van der Waals surface area contributed by atoms with Crippen LogP contribution in [0.1, 0.15) is 11.1 Å². The Morgan fingerprint density at radius 2 is 1.05 bits per heavy atom. The molecule has 61 heavy (non-hydrogen) atoms. The number of nitrogens with zero attached hydrogens (tertiary/aromatic N) is 6. The first-order chi connectivity index (χ1) is 30.2. The minimum Gasteiger partial charge on any atom is -0.455 e. The highest BCUT2D eigenvalue weighted by molar-refractivity contribution is 6.24. The van der Waals surface area contributed by atoms with Crippen LogP contribution in [-0.4, -0.2) is 19.1 Å². The molecular weight excluding hydrogens is 749 g/mol. The van der Waals surface area contributed by atoms with Crippen molar-refractivity contribution in [3.8, 4) is 57.4 Å². The first kappa shape index (κ1) is 34.3. The summed E-state index contributed by atoms with van der Waals surface area (Å²) in [4.78, 5) is 10.2. The molecule has 12 rings (SSSR count). The van der Waals surface area contributed by atoms with Crippen LogP contribution in [0, 0.1) is 22.7 Å². The van der Waals surface area contributed by atoms with E-state index in [0.717, 1.165) is 76.9 Å². The smallest absolute Gasteiger partial charge is 0.164 e. The number of aromatic nitrogens is 4. The van der Waals surface area contributed by atoms with Gasteiger partial charge in [-0.05, 0) is 48.5 Å². The number of furan rings is 1. The van der Waals surface area contributed by atoms with E-state index in [9.17, 15) is 10.5 Å². The molecule has 0 fully saturated rings. The number of hydrogen-bond acceptors (Lipinski definition) is 5. The first-order valence-electron chi connectivity index (χ1n) is 20.0. The summed E-state index contributed by atoms with van der Waals surface area (Å²) in [6.45, 7) is 0. The molecule has 0 aliphatic rings. The fraction of sp³-hybridized carbons (Fsp3) is 0. The highest BCUT2D eigenvalue weighted by Crippen LogP contribution is 2.43. The van der Waals surface area contributed by atoms with Gasteiger partial charge in [-0.15, -0.1) is 0 Å². The van der Waals surface area contributed by atoms with E-state index >= 15 is 0 Å². The molecule has 0 N–H and O–H groups in total. The van der Waals surface area contributed by atoms with Gasteiger partial charge in [0.1, 0.15) is 28.9 Å². The van der Waals surface area contributed by atoms with Gasteiger partial charge < -0.3 is 13.6 Å². The van der Waals surface area contributed by atoms with Crippen LogP contribution in [0.2, 0.25) is 0 Å². The number of hydrogen-bond donors (Lipinski definition) is 0. The Labute approximate surface area is 348 Å². The third kappa shape index (κ3) is 5.08. The van der Waals surface area contributed by atoms with E-state index in [2.05, 4.69) is 100 Å². The van der Waals surface area contributed by atoms with Crippen LogP contribution >= 0.6 is 0 Å². The molecule has 0 spiro atoms. The van der Waals surface area contributed by atoms with Crippen molar-refractivity contribution in [1.29, 1.82) is 10.5 Å². The molecular formula is C54H30N6O. The van der Waals surface area contributed by atoms with Crippen molar-refractivity contribution in [2.75, 3.05) is 0 Å². The van der Waals surface area contributed by atoms with Gasteiger partial charge in [0.2, 0.25) is 0 Å². The van der Waals surface area contributed by atoms with Crippen molar-refractivity contribution in [3.05, 3.63) is 193 Å². The largest absolute Gasteiger partial charge is 0.455 e. The van der Waals surface area contributed by atoms with Crippen molar-refractivity contribution >= 4 is 65.6 Å². The SMILES string of the molecule is N#Cc1cc(-c2nc(-c3cccc4c3oc3ccccc34)nc(-c3ccccc3)c2C#N)ccc1-n1c2ccccc2c2ccc3c4ccccc4n(-c4ccccc4)c3c21. The van der Waals surface area contributed by atoms with Crippen LogP contribution in [0.5, 0.6) is 0 Å². The van der Waals surface area contributed by atoms with Crippen LogP contribution in [0.4, 0.5) is 0 Å². The molecule has 7 nitrogen and oxygen atoms in total. The highest BCUT2D eigenvalue weighted by atomic mass is 16.3. The Hall–Kier alpha value is -8.78. The van der Waals surface area contributed by atoms with Crippen LogP contribution in [0.3, 0.4) is 0 Å². The summed E-state index contributed by atoms with van der Waals surface area (Å²) >= 11 is 0. The maximum absolute atomic E-state index is 11.1. The lowest BCUT2D eigenvalue weighted by molar-refractivity contribution is 0.669. The molecule has 7 heteroatoms. The quantitative estimate of drug-likeness (QED) is 0.173. The third-order valence-electron chi connectivity index (χ3n) is 11.8. The van der Waals surface area contributed by atoms with Crippen LogP contribution in [-0.2, 0) is 0 Å². The monoisotopic (exact) mass is 778 g/mol. The zero-order valence-corrected chi connectivity index (χ0v) is 32.4. The zero-order chi connectivity index (χ0) is 40.6. The molecule has 282 valence electrons. The van der Waals surface area contributed by atoms with E-state index in [1.807, 2.05) is 103 Å². The first-order valence-corrected chi connectivity index (χ1v) is 20.0. The van der Waals surface area contributed by atoms with E-state index in [0.29, 0.717) is 45.0 Å². The second kappa shape index (κ2) is 13.4. The van der Waals surface area contributed by atoms with Crippen molar-refractivity contribution in [2.24, 2.45) is 0 Å². The summed E-state index contributed by atoms with van der Waals surface area (Å²) in [5.74, 6) is 0.415. The predicted molar refractivity (Wildman–Crippen MR) is 244 cm³/mol. The summed E-state index contributed by atoms with van der Waals surface area (Å²) in [7, 11) is 0. The number of para-hydroxylation sites is 5. The van der Waals surface area contributed by atoms with Gasteiger partial charge in [0, 0.05) is 49.1 Å². The van der Waals surface area contributed by atoms with Gasteiger partial charge in [-0.25, -0.2) is 9.97 Å². The van der Waals surface area contributed by atoms with Gasteiger partial charge >= 0.3 is 0 Å². The van der Waals surface area contributed by atoms with E-state index in [1.165, 1.54) is 0 Å². The fourth-order valence-corrected chi connectivity index (χ4v) is 9.19. The molecule has 0 aliphatic carbocycles. The van der Waals surface area contributed by atoms with Crippen molar-refractivity contribution < 1.29 is 4.42 Å². The topological polar surface area (TPSA) is 96.4 Å². The average Bonchev–Trinajstić information content (AvgIpc) is 3.99. The summed E-state index contributed by atoms with van der Waals surface area (Å²) in [5, 5.41) is 28.3. The minimum atomic E-state index is 0.314. The third-order valence-corrected chi connectivity index (χ3v) is 11.8. The van der Waals surface area contributed by atoms with Gasteiger partial charge in [-0.1, -0.05) is 133 Å². The maximum Gasteiger partial charge on any atom is 0.164 e. The molecule has 4 aromatic heterocycles. The van der Waals surface area contributed by atoms with Gasteiger partial charge in [0.05, 0.1) is 50.3 Å². The molecule has 0 bridgehead atoms. The number of benzene rings is 8. The van der Waals surface area contributed by atoms with E-state index < -0.39 is 0 Å². The van der Waals surface area contributed by atoms with Gasteiger partial charge in [0.25, 0.3) is 0 Å². The van der Waals surface area contributed by atoms with Gasteiger partial charge in [-0.3, -0.25) is 0 Å². The maximum atomic E-state index is 11.1. The van der Waals surface area contributed by atoms with Crippen molar-refractivity contribution in [2.45, 2.75) is 0 Å². The second-order valence-electron chi connectivity index (χ2n) is 15.1. The Bertz CT molecular complexity index is 3840. The Kier molecular flexibility index (Phi) is 7.52. The molecule has 0 radical (unpaired) electrons. The number of fused-ring (bicyclic) bond motifs is 10. The van der Waals surface area contributed by atoms with E-state index in [1.54, 1.807) is 0 Å². The Balaban J connectivity index is 1.14. The zero-order valence-electron chi connectivity index (χ0n) is 32.4. The second-order valence-corrected chi connectivity index (χ2v) is 15.1. The molecule has 0 saturated heterocycles. The molecule has 8 aromatic carbocycles. The standard InChI is InChI=1S/C54H30N6O/c55-31-35-30-34(50-44(32-56)49(33-14-3-1-4-15-33)57-54(58-50)43-22-13-21-42-39-20-9-12-25-48(39)61-53(42)43)26-29-45(35)60-47-24-11-8-19-38(47)41-28-27-40-37-18-7-10-23-46(37)59(51(40)52(41)60)36-16-5-2-6-17-36/h1-30H. The summed E-state index contributed by atoms with van der Waals surface area (Å²) in [5.41, 5.74) is 11.1. The highest BCUT2D eigenvalue weighted by Gasteiger charge is 2.25. The lowest BCUT2D eigenvalue weighted by atomic mass is 9.98. The normalized spacial score (nSPS) is 11.6. The van der Waals surface area contributed by atoms with Crippen molar-refractivity contribution in [3.63, 3.8) is 0 Å².